The second-order valence-electron chi connectivity index (χ2n) is 12.5. The highest BCUT2D eigenvalue weighted by atomic mass is 35.5. The maximum atomic E-state index is 15.5. The van der Waals surface area contributed by atoms with E-state index < -0.39 is 51.9 Å². The summed E-state index contributed by atoms with van der Waals surface area (Å²) in [5.41, 5.74) is 8.35. The van der Waals surface area contributed by atoms with Crippen molar-refractivity contribution in [3.05, 3.63) is 82.9 Å². The van der Waals surface area contributed by atoms with Gasteiger partial charge in [-0.25, -0.2) is 12.8 Å². The van der Waals surface area contributed by atoms with E-state index in [4.69, 9.17) is 26.6 Å². The van der Waals surface area contributed by atoms with Crippen molar-refractivity contribution in [2.24, 2.45) is 11.0 Å². The summed E-state index contributed by atoms with van der Waals surface area (Å²) in [4.78, 5) is 34.1. The lowest BCUT2D eigenvalue weighted by Gasteiger charge is -2.45. The molecule has 3 heterocycles. The van der Waals surface area contributed by atoms with Gasteiger partial charge < -0.3 is 29.6 Å². The molecule has 1 aromatic heterocycles. The average molecular weight is 744 g/mol. The molecule has 2 aliphatic rings. The fourth-order valence-corrected chi connectivity index (χ4v) is 8.96. The summed E-state index contributed by atoms with van der Waals surface area (Å²) in [7, 11) is -2.68. The Morgan fingerprint density at radius 1 is 1.16 bits per heavy atom. The highest BCUT2D eigenvalue weighted by molar-refractivity contribution is 7.89. The topological polar surface area (TPSA) is 192 Å². The number of hydrogen-bond acceptors (Lipinski definition) is 10. The van der Waals surface area contributed by atoms with Gasteiger partial charge in [-0.15, -0.1) is 0 Å². The van der Waals surface area contributed by atoms with Crippen LogP contribution in [0.3, 0.4) is 0 Å². The standard InChI is InChI=1S/C34H39ClFN7O7S/c1-21-19-42(34(45)46)20-25(43(21)51(47,48)27-10-8-26(49-2)9-11-27)7-12-28-29(36)17-38-18-30(28)39-33(44)32(40-41-37)31(23-13-15-50-16-14-23)22-3-5-24(35)6-4-22/h3-6,8-11,17-18,21,23,25,31-32,37H,7,12-16,19-20H2,1-2H3,(H-,39,44,45,46)/t21?,25?,31-,32-/m0/s1. The van der Waals surface area contributed by atoms with E-state index in [-0.39, 0.29) is 48.0 Å². The molecule has 0 bridgehead atoms. The largest absolute Gasteiger partial charge is 0.530 e. The van der Waals surface area contributed by atoms with Crippen LogP contribution in [0.4, 0.5) is 14.9 Å². The van der Waals surface area contributed by atoms with Gasteiger partial charge in [-0.05, 0) is 80.5 Å². The number of ether oxygens (including phenoxy) is 2. The molecule has 51 heavy (non-hydrogen) atoms. The number of halogens is 2. The molecule has 2 amide bonds. The van der Waals surface area contributed by atoms with Gasteiger partial charge in [-0.2, -0.15) is 4.31 Å². The highest BCUT2D eigenvalue weighted by Gasteiger charge is 2.42. The number of amides is 2. The van der Waals surface area contributed by atoms with Crippen LogP contribution in [0.15, 0.2) is 70.9 Å². The van der Waals surface area contributed by atoms with Crippen molar-refractivity contribution >= 4 is 39.3 Å². The van der Waals surface area contributed by atoms with E-state index in [9.17, 15) is 23.1 Å². The summed E-state index contributed by atoms with van der Waals surface area (Å²) in [6.07, 6.45) is 1.96. The molecule has 0 aliphatic carbocycles. The van der Waals surface area contributed by atoms with E-state index in [0.717, 1.165) is 16.7 Å². The molecule has 5 rings (SSSR count). The van der Waals surface area contributed by atoms with Gasteiger partial charge in [0.15, 0.2) is 0 Å². The third-order valence-electron chi connectivity index (χ3n) is 9.41. The fourth-order valence-electron chi connectivity index (χ4n) is 7.00. The van der Waals surface area contributed by atoms with Crippen LogP contribution >= 0.6 is 11.6 Å². The zero-order valence-corrected chi connectivity index (χ0v) is 29.6. The van der Waals surface area contributed by atoms with Crippen LogP contribution in [-0.2, 0) is 26.0 Å². The van der Waals surface area contributed by atoms with Crippen LogP contribution in [-0.4, -0.2) is 86.1 Å². The predicted molar refractivity (Wildman–Crippen MR) is 182 cm³/mol. The maximum absolute atomic E-state index is 15.5. The monoisotopic (exact) mass is 743 g/mol. The molecular formula is C34H39ClFN7O7S. The Morgan fingerprint density at radius 2 is 1.84 bits per heavy atom. The first-order valence-electron chi connectivity index (χ1n) is 16.4. The Kier molecular flexibility index (Phi) is 12.4. The predicted octanol–water partition coefficient (Wildman–Crippen LogP) is 3.99. The number of aromatic nitrogens is 1. The first kappa shape index (κ1) is 37.8. The zero-order valence-electron chi connectivity index (χ0n) is 28.1. The Morgan fingerprint density at radius 3 is 2.47 bits per heavy atom. The molecule has 4 atom stereocenters. The molecule has 3 aromatic rings. The highest BCUT2D eigenvalue weighted by Crippen LogP contribution is 2.38. The quantitative estimate of drug-likeness (QED) is 0.206. The van der Waals surface area contributed by atoms with Gasteiger partial charge in [0.25, 0.3) is 5.91 Å². The summed E-state index contributed by atoms with van der Waals surface area (Å²) in [6, 6.07) is 9.97. The number of rotatable bonds is 12. The lowest BCUT2D eigenvalue weighted by atomic mass is 9.76. The van der Waals surface area contributed by atoms with Gasteiger partial charge in [-0.1, -0.05) is 23.7 Å². The van der Waals surface area contributed by atoms with Crippen molar-refractivity contribution in [3.8, 4) is 5.75 Å². The molecule has 2 unspecified atom stereocenters. The molecule has 14 nitrogen and oxygen atoms in total. The Labute approximate surface area is 300 Å². The molecule has 2 fully saturated rings. The van der Waals surface area contributed by atoms with Crippen LogP contribution in [0, 0.1) is 17.3 Å². The molecule has 272 valence electrons. The summed E-state index contributed by atoms with van der Waals surface area (Å²) >= 11 is 6.15. The molecule has 17 heteroatoms. The fraction of sp³-hybridized carbons (Fsp3) is 0.441. The lowest BCUT2D eigenvalue weighted by molar-refractivity contribution is -0.268. The average Bonchev–Trinajstić information content (AvgIpc) is 3.12. The summed E-state index contributed by atoms with van der Waals surface area (Å²) < 4.78 is 55.4. The maximum Gasteiger partial charge on any atom is 0.257 e. The molecular weight excluding hydrogens is 705 g/mol. The molecule has 2 N–H and O–H groups in total. The number of anilines is 1. The minimum Gasteiger partial charge on any atom is -0.530 e. The van der Waals surface area contributed by atoms with Gasteiger partial charge in [0.2, 0.25) is 21.0 Å². The first-order valence-corrected chi connectivity index (χ1v) is 18.2. The zero-order chi connectivity index (χ0) is 36.7. The number of piperazine rings is 1. The van der Waals surface area contributed by atoms with Crippen LogP contribution in [0.2, 0.25) is 5.02 Å². The number of pyridine rings is 1. The normalized spacial score (nSPS) is 19.8. The van der Waals surface area contributed by atoms with E-state index >= 15 is 4.39 Å². The van der Waals surface area contributed by atoms with Crippen molar-refractivity contribution < 1.29 is 37.0 Å². The van der Waals surface area contributed by atoms with Crippen LogP contribution < -0.4 is 20.1 Å². The number of methoxy groups -OCH3 is 1. The van der Waals surface area contributed by atoms with Gasteiger partial charge in [0.05, 0.1) is 30.1 Å². The first-order chi connectivity index (χ1) is 24.4. The van der Waals surface area contributed by atoms with E-state index in [1.807, 2.05) is 0 Å². The number of nitrogens with zero attached hydrogens (tertiary/aromatic N) is 5. The van der Waals surface area contributed by atoms with Gasteiger partial charge >= 0.3 is 0 Å². The van der Waals surface area contributed by atoms with Crippen molar-refractivity contribution in [1.29, 1.82) is 5.53 Å². The van der Waals surface area contributed by atoms with Gasteiger partial charge in [-0.3, -0.25) is 9.78 Å². The second kappa shape index (κ2) is 16.7. The van der Waals surface area contributed by atoms with E-state index in [0.29, 0.717) is 36.8 Å². The van der Waals surface area contributed by atoms with E-state index in [1.54, 1.807) is 31.2 Å². The Balaban J connectivity index is 1.43. The van der Waals surface area contributed by atoms with Crippen molar-refractivity contribution in [2.75, 3.05) is 38.7 Å². The molecule has 2 aromatic carbocycles. The number of carbonyl (C=O) groups is 2. The van der Waals surface area contributed by atoms with Crippen molar-refractivity contribution in [1.82, 2.24) is 19.1 Å². The molecule has 0 radical (unpaired) electrons. The molecule has 0 saturated carbocycles. The second-order valence-corrected chi connectivity index (χ2v) is 14.8. The summed E-state index contributed by atoms with van der Waals surface area (Å²) in [6.45, 7) is 2.24. The Hall–Kier alpha value is -4.47. The number of carboxylic acid groups (broad SMARTS) is 1. The van der Waals surface area contributed by atoms with Crippen molar-refractivity contribution in [2.45, 2.75) is 61.5 Å². The minimum atomic E-state index is -4.14. The number of hydrogen-bond donors (Lipinski definition) is 2. The van der Waals surface area contributed by atoms with Gasteiger partial charge in [0, 0.05) is 54.9 Å². The number of sulfonamides is 1. The lowest BCUT2D eigenvalue weighted by Crippen LogP contribution is -2.62. The van der Waals surface area contributed by atoms with Crippen LogP contribution in [0.5, 0.6) is 5.75 Å². The van der Waals surface area contributed by atoms with E-state index in [2.05, 4.69) is 20.3 Å². The van der Waals surface area contributed by atoms with Crippen molar-refractivity contribution in [3.63, 3.8) is 0 Å². The summed E-state index contributed by atoms with van der Waals surface area (Å²) in [5, 5.41) is 19.2. The third-order valence-corrected chi connectivity index (χ3v) is 11.7. The molecule has 2 aliphatic heterocycles. The number of benzene rings is 2. The molecule has 2 saturated heterocycles. The minimum absolute atomic E-state index is 0.0144. The van der Waals surface area contributed by atoms with E-state index in [1.165, 1.54) is 41.9 Å². The number of nitrogens with one attached hydrogen (secondary N) is 2. The molecule has 0 spiro atoms. The Bertz CT molecular complexity index is 1860. The number of carbonyl (C=O) groups excluding carboxylic acids is 2. The van der Waals surface area contributed by atoms with Gasteiger partial charge in [0.1, 0.15) is 28.3 Å². The SMILES string of the molecule is COc1ccc(S(=O)(=O)N2C(C)CN(C(=O)[O-])CC2CCc2c(F)cncc2NC(=O)[C@@H](N=[N+]=N)[C@@H](c2ccc(Cl)cc2)C2CCOCC2)cc1. The summed E-state index contributed by atoms with van der Waals surface area (Å²) in [5.74, 6) is -1.51. The van der Waals surface area contributed by atoms with Crippen LogP contribution in [0.1, 0.15) is 43.2 Å². The third kappa shape index (κ3) is 8.71. The smallest absolute Gasteiger partial charge is 0.257 e. The van der Waals surface area contributed by atoms with Crippen LogP contribution in [0.25, 0.3) is 0 Å².